The zero-order valence-electron chi connectivity index (χ0n) is 7.11. The van der Waals surface area contributed by atoms with Gasteiger partial charge in [0.15, 0.2) is 5.65 Å². The fraction of sp³-hybridized carbons (Fsp3) is 0.250. The highest BCUT2D eigenvalue weighted by Crippen LogP contribution is 2.17. The smallest absolute Gasteiger partial charge is 0.161 e. The molecule has 13 heavy (non-hydrogen) atoms. The summed E-state index contributed by atoms with van der Waals surface area (Å²) in [6.45, 7) is 1.89. The number of imidazole rings is 1. The van der Waals surface area contributed by atoms with Crippen LogP contribution in [-0.2, 0) is 0 Å². The van der Waals surface area contributed by atoms with Crippen LogP contribution in [0.3, 0.4) is 0 Å². The fourth-order valence-electron chi connectivity index (χ4n) is 1.23. The van der Waals surface area contributed by atoms with Crippen molar-refractivity contribution in [2.75, 3.05) is 0 Å². The van der Waals surface area contributed by atoms with E-state index < -0.39 is 0 Å². The third-order valence-electron chi connectivity index (χ3n) is 1.84. The zero-order valence-corrected chi connectivity index (χ0v) is 8.69. The molecule has 0 aliphatic heterocycles. The van der Waals surface area contributed by atoms with Gasteiger partial charge in [0.25, 0.3) is 0 Å². The molecule has 0 spiro atoms. The van der Waals surface area contributed by atoms with Crippen molar-refractivity contribution >= 4 is 21.6 Å². The monoisotopic (exact) mass is 240 g/mol. The molecule has 4 nitrogen and oxygen atoms in total. The van der Waals surface area contributed by atoms with Crippen molar-refractivity contribution in [1.29, 1.82) is 0 Å². The molecule has 2 heterocycles. The van der Waals surface area contributed by atoms with E-state index in [1.165, 1.54) is 0 Å². The molecule has 1 unspecified atom stereocenters. The van der Waals surface area contributed by atoms with E-state index in [9.17, 15) is 0 Å². The fourth-order valence-corrected chi connectivity index (χ4v) is 1.62. The Bertz CT molecular complexity index is 435. The average Bonchev–Trinajstić information content (AvgIpc) is 2.48. The first-order valence-electron chi connectivity index (χ1n) is 3.93. The highest BCUT2D eigenvalue weighted by atomic mass is 79.9. The predicted molar refractivity (Wildman–Crippen MR) is 53.3 cm³/mol. The highest BCUT2D eigenvalue weighted by molar-refractivity contribution is 9.10. The van der Waals surface area contributed by atoms with Gasteiger partial charge in [-0.25, -0.2) is 4.98 Å². The van der Waals surface area contributed by atoms with Crippen LogP contribution in [0.1, 0.15) is 18.7 Å². The maximum atomic E-state index is 5.76. The van der Waals surface area contributed by atoms with Gasteiger partial charge in [0.2, 0.25) is 0 Å². The molecule has 0 fully saturated rings. The van der Waals surface area contributed by atoms with Gasteiger partial charge in [0.05, 0.1) is 11.9 Å². The number of aromatic nitrogens is 3. The van der Waals surface area contributed by atoms with Gasteiger partial charge in [-0.3, -0.25) is 9.38 Å². The second kappa shape index (κ2) is 3.08. The Kier molecular flexibility index (Phi) is 2.05. The highest BCUT2D eigenvalue weighted by Gasteiger charge is 2.09. The summed E-state index contributed by atoms with van der Waals surface area (Å²) in [6, 6.07) is -0.0991. The molecule has 2 rings (SSSR count). The van der Waals surface area contributed by atoms with Crippen LogP contribution in [0, 0.1) is 0 Å². The lowest BCUT2D eigenvalue weighted by atomic mass is 10.2. The predicted octanol–water partition coefficient (Wildman–Crippen LogP) is 1.51. The summed E-state index contributed by atoms with van der Waals surface area (Å²) in [4.78, 5) is 8.40. The van der Waals surface area contributed by atoms with Crippen LogP contribution in [0.2, 0.25) is 0 Å². The molecule has 1 atom stereocenters. The van der Waals surface area contributed by atoms with Crippen LogP contribution in [0.4, 0.5) is 0 Å². The van der Waals surface area contributed by atoms with E-state index in [-0.39, 0.29) is 6.04 Å². The Morgan fingerprint density at radius 2 is 2.31 bits per heavy atom. The molecule has 5 heteroatoms. The Morgan fingerprint density at radius 3 is 3.00 bits per heavy atom. The van der Waals surface area contributed by atoms with E-state index in [1.807, 2.05) is 17.5 Å². The topological polar surface area (TPSA) is 56.2 Å². The van der Waals surface area contributed by atoms with E-state index in [0.29, 0.717) is 0 Å². The molecule has 2 aromatic heterocycles. The molecule has 0 amide bonds. The lowest BCUT2D eigenvalue weighted by Gasteiger charge is -2.05. The Labute approximate surface area is 83.9 Å². The second-order valence-corrected chi connectivity index (χ2v) is 3.69. The van der Waals surface area contributed by atoms with Crippen molar-refractivity contribution in [3.63, 3.8) is 0 Å². The SMILES string of the molecule is CC(N)c1nccn2c(Br)cnc12. The molecular formula is C8H9BrN4. The van der Waals surface area contributed by atoms with Crippen LogP contribution >= 0.6 is 15.9 Å². The number of hydrogen-bond donors (Lipinski definition) is 1. The van der Waals surface area contributed by atoms with Crippen LogP contribution < -0.4 is 5.73 Å². The normalized spacial score (nSPS) is 13.5. The van der Waals surface area contributed by atoms with E-state index in [1.54, 1.807) is 12.4 Å². The first kappa shape index (κ1) is 8.65. The third-order valence-corrected chi connectivity index (χ3v) is 2.43. The molecule has 0 saturated carbocycles. The van der Waals surface area contributed by atoms with Crippen molar-refractivity contribution in [2.45, 2.75) is 13.0 Å². The zero-order chi connectivity index (χ0) is 9.42. The molecule has 0 bridgehead atoms. The van der Waals surface area contributed by atoms with Gasteiger partial charge in [0, 0.05) is 18.4 Å². The van der Waals surface area contributed by atoms with E-state index >= 15 is 0 Å². The van der Waals surface area contributed by atoms with Crippen LogP contribution in [0.25, 0.3) is 5.65 Å². The lowest BCUT2D eigenvalue weighted by molar-refractivity contribution is 0.777. The minimum absolute atomic E-state index is 0.0991. The third kappa shape index (κ3) is 1.34. The van der Waals surface area contributed by atoms with Crippen LogP contribution in [0.15, 0.2) is 23.2 Å². The molecule has 2 N–H and O–H groups in total. The summed E-state index contributed by atoms with van der Waals surface area (Å²) in [5.41, 5.74) is 7.38. The summed E-state index contributed by atoms with van der Waals surface area (Å²) in [5.74, 6) is 0. The molecule has 0 saturated heterocycles. The number of fused-ring (bicyclic) bond motifs is 1. The van der Waals surface area contributed by atoms with Gasteiger partial charge in [-0.2, -0.15) is 0 Å². The van der Waals surface area contributed by atoms with Gasteiger partial charge in [-0.1, -0.05) is 0 Å². The van der Waals surface area contributed by atoms with E-state index in [4.69, 9.17) is 5.73 Å². The van der Waals surface area contributed by atoms with Crippen molar-refractivity contribution in [1.82, 2.24) is 14.4 Å². The number of nitrogens with two attached hydrogens (primary N) is 1. The Morgan fingerprint density at radius 1 is 1.54 bits per heavy atom. The number of nitrogens with zero attached hydrogens (tertiary/aromatic N) is 3. The summed E-state index contributed by atoms with van der Waals surface area (Å²) in [5, 5.41) is 0. The Balaban J connectivity index is 2.77. The molecule has 0 aliphatic rings. The van der Waals surface area contributed by atoms with Crippen molar-refractivity contribution in [3.8, 4) is 0 Å². The van der Waals surface area contributed by atoms with Crippen molar-refractivity contribution < 1.29 is 0 Å². The minimum Gasteiger partial charge on any atom is -0.323 e. The summed E-state index contributed by atoms with van der Waals surface area (Å²) < 4.78 is 2.82. The molecule has 0 aromatic carbocycles. The average molecular weight is 241 g/mol. The first-order chi connectivity index (χ1) is 6.20. The molecule has 0 aliphatic carbocycles. The number of halogens is 1. The Hall–Kier alpha value is -0.940. The summed E-state index contributed by atoms with van der Waals surface area (Å²) in [6.07, 6.45) is 5.30. The molecular weight excluding hydrogens is 232 g/mol. The second-order valence-electron chi connectivity index (χ2n) is 2.88. The molecule has 0 radical (unpaired) electrons. The van der Waals surface area contributed by atoms with Gasteiger partial charge < -0.3 is 5.73 Å². The summed E-state index contributed by atoms with van der Waals surface area (Å²) >= 11 is 3.38. The van der Waals surface area contributed by atoms with Gasteiger partial charge >= 0.3 is 0 Å². The van der Waals surface area contributed by atoms with Crippen LogP contribution in [-0.4, -0.2) is 14.4 Å². The summed E-state index contributed by atoms with van der Waals surface area (Å²) in [7, 11) is 0. The quantitative estimate of drug-likeness (QED) is 0.823. The standard InChI is InChI=1S/C8H9BrN4/c1-5(10)7-8-12-4-6(9)13(8)3-2-11-7/h2-5H,10H2,1H3. The van der Waals surface area contributed by atoms with Gasteiger partial charge in [-0.15, -0.1) is 0 Å². The maximum absolute atomic E-state index is 5.76. The van der Waals surface area contributed by atoms with E-state index in [2.05, 4.69) is 25.9 Å². The number of rotatable bonds is 1. The molecule has 2 aromatic rings. The van der Waals surface area contributed by atoms with Crippen molar-refractivity contribution in [2.24, 2.45) is 5.73 Å². The van der Waals surface area contributed by atoms with E-state index in [0.717, 1.165) is 15.9 Å². The van der Waals surface area contributed by atoms with Crippen molar-refractivity contribution in [3.05, 3.63) is 28.9 Å². The number of hydrogen-bond acceptors (Lipinski definition) is 3. The largest absolute Gasteiger partial charge is 0.323 e. The first-order valence-corrected chi connectivity index (χ1v) is 4.72. The maximum Gasteiger partial charge on any atom is 0.161 e. The minimum atomic E-state index is -0.0991. The lowest BCUT2D eigenvalue weighted by Crippen LogP contribution is -2.09. The van der Waals surface area contributed by atoms with Crippen LogP contribution in [0.5, 0.6) is 0 Å². The van der Waals surface area contributed by atoms with Gasteiger partial charge in [-0.05, 0) is 22.9 Å². The van der Waals surface area contributed by atoms with Gasteiger partial charge in [0.1, 0.15) is 4.60 Å². The molecule has 68 valence electrons.